The first-order valence-electron chi connectivity index (χ1n) is 3.17. The lowest BCUT2D eigenvalue weighted by molar-refractivity contribution is 0.00328. The standard InChI is InChI=1S/C5H11NO3S/c1-6-9-5-2-3-10(7,8)4-5/h5-6H,2-4H2,1H3. The summed E-state index contributed by atoms with van der Waals surface area (Å²) in [6.45, 7) is 0. The highest BCUT2D eigenvalue weighted by atomic mass is 32.2. The van der Waals surface area contributed by atoms with Gasteiger partial charge in [0.15, 0.2) is 9.84 Å². The van der Waals surface area contributed by atoms with Crippen LogP contribution in [0.1, 0.15) is 6.42 Å². The summed E-state index contributed by atoms with van der Waals surface area (Å²) in [7, 11) is -1.15. The third-order valence-corrected chi connectivity index (χ3v) is 3.21. The fourth-order valence-corrected chi connectivity index (χ4v) is 2.61. The molecular weight excluding hydrogens is 154 g/mol. The van der Waals surface area contributed by atoms with E-state index in [1.54, 1.807) is 7.05 Å². The Balaban J connectivity index is 2.44. The molecule has 1 aliphatic rings. The van der Waals surface area contributed by atoms with Crippen LogP contribution in [0, 0.1) is 0 Å². The van der Waals surface area contributed by atoms with Gasteiger partial charge in [-0.1, -0.05) is 0 Å². The number of hydroxylamine groups is 1. The Morgan fingerprint density at radius 2 is 2.30 bits per heavy atom. The zero-order valence-corrected chi connectivity index (χ0v) is 6.65. The molecule has 4 nitrogen and oxygen atoms in total. The molecule has 0 aromatic rings. The molecule has 0 spiro atoms. The summed E-state index contributed by atoms with van der Waals surface area (Å²) in [5, 5.41) is 0. The Bertz CT molecular complexity index is 199. The SMILES string of the molecule is CNOC1CCS(=O)(=O)C1. The van der Waals surface area contributed by atoms with Crippen molar-refractivity contribution in [3.63, 3.8) is 0 Å². The van der Waals surface area contributed by atoms with Gasteiger partial charge in [0.25, 0.3) is 0 Å². The summed E-state index contributed by atoms with van der Waals surface area (Å²) in [6.07, 6.45) is 0.471. The summed E-state index contributed by atoms with van der Waals surface area (Å²) in [5.74, 6) is 0.424. The average Bonchev–Trinajstić information content (AvgIpc) is 2.12. The minimum Gasteiger partial charge on any atom is -0.298 e. The molecule has 60 valence electrons. The third kappa shape index (κ3) is 1.93. The van der Waals surface area contributed by atoms with E-state index in [2.05, 4.69) is 5.48 Å². The Morgan fingerprint density at radius 1 is 1.60 bits per heavy atom. The van der Waals surface area contributed by atoms with Crippen molar-refractivity contribution in [2.24, 2.45) is 0 Å². The highest BCUT2D eigenvalue weighted by Crippen LogP contribution is 2.12. The molecule has 0 aromatic carbocycles. The molecule has 0 amide bonds. The maximum absolute atomic E-state index is 10.8. The van der Waals surface area contributed by atoms with Crippen LogP contribution >= 0.6 is 0 Å². The Kier molecular flexibility index (Phi) is 2.28. The summed E-state index contributed by atoms with van der Waals surface area (Å²) < 4.78 is 21.6. The molecule has 0 saturated carbocycles. The lowest BCUT2D eigenvalue weighted by Gasteiger charge is -2.05. The van der Waals surface area contributed by atoms with E-state index >= 15 is 0 Å². The molecule has 10 heavy (non-hydrogen) atoms. The van der Waals surface area contributed by atoms with Crippen molar-refractivity contribution in [1.29, 1.82) is 0 Å². The maximum atomic E-state index is 10.8. The second kappa shape index (κ2) is 2.86. The van der Waals surface area contributed by atoms with E-state index in [-0.39, 0.29) is 17.6 Å². The first-order valence-corrected chi connectivity index (χ1v) is 4.99. The Labute approximate surface area is 60.4 Å². The van der Waals surface area contributed by atoms with E-state index in [1.165, 1.54) is 0 Å². The van der Waals surface area contributed by atoms with E-state index in [9.17, 15) is 8.42 Å². The van der Waals surface area contributed by atoms with Crippen LogP contribution in [0.5, 0.6) is 0 Å². The number of rotatable bonds is 2. The molecular formula is C5H11NO3S. The van der Waals surface area contributed by atoms with Crippen LogP contribution in [0.4, 0.5) is 0 Å². The molecule has 1 atom stereocenters. The summed E-state index contributed by atoms with van der Waals surface area (Å²) in [4.78, 5) is 4.91. The van der Waals surface area contributed by atoms with Crippen molar-refractivity contribution >= 4 is 9.84 Å². The summed E-state index contributed by atoms with van der Waals surface area (Å²) in [5.41, 5.74) is 2.48. The second-order valence-electron chi connectivity index (χ2n) is 2.35. The van der Waals surface area contributed by atoms with Crippen molar-refractivity contribution in [3.8, 4) is 0 Å². The smallest absolute Gasteiger partial charge is 0.153 e. The van der Waals surface area contributed by atoms with E-state index in [4.69, 9.17) is 4.84 Å². The van der Waals surface area contributed by atoms with Crippen molar-refractivity contribution < 1.29 is 13.3 Å². The molecule has 5 heteroatoms. The zero-order chi connectivity index (χ0) is 7.61. The largest absolute Gasteiger partial charge is 0.298 e. The highest BCUT2D eigenvalue weighted by Gasteiger charge is 2.28. The number of sulfone groups is 1. The zero-order valence-electron chi connectivity index (χ0n) is 5.83. The minimum atomic E-state index is -2.78. The Morgan fingerprint density at radius 3 is 2.70 bits per heavy atom. The van der Waals surface area contributed by atoms with Gasteiger partial charge in [0.05, 0.1) is 17.6 Å². The number of hydrogen-bond acceptors (Lipinski definition) is 4. The average molecular weight is 165 g/mol. The van der Waals surface area contributed by atoms with Gasteiger partial charge < -0.3 is 0 Å². The molecule has 0 bridgehead atoms. The molecule has 1 unspecified atom stereocenters. The van der Waals surface area contributed by atoms with E-state index < -0.39 is 9.84 Å². The molecule has 0 radical (unpaired) electrons. The molecule has 1 heterocycles. The van der Waals surface area contributed by atoms with Crippen LogP contribution in [0.3, 0.4) is 0 Å². The topological polar surface area (TPSA) is 55.4 Å². The minimum absolute atomic E-state index is 0.144. The first-order chi connectivity index (χ1) is 4.64. The van der Waals surface area contributed by atoms with Gasteiger partial charge in [-0.25, -0.2) is 13.9 Å². The fourth-order valence-electron chi connectivity index (χ4n) is 1.02. The van der Waals surface area contributed by atoms with Gasteiger partial charge in [-0.05, 0) is 6.42 Å². The van der Waals surface area contributed by atoms with Crippen molar-refractivity contribution in [1.82, 2.24) is 5.48 Å². The molecule has 0 aliphatic carbocycles. The van der Waals surface area contributed by atoms with E-state index in [1.807, 2.05) is 0 Å². The maximum Gasteiger partial charge on any atom is 0.153 e. The predicted octanol–water partition coefficient (Wildman–Crippen LogP) is -0.675. The van der Waals surface area contributed by atoms with Crippen LogP contribution in [-0.2, 0) is 14.7 Å². The molecule has 0 aromatic heterocycles. The lowest BCUT2D eigenvalue weighted by atomic mass is 10.3. The van der Waals surface area contributed by atoms with Crippen LogP contribution in [0.15, 0.2) is 0 Å². The van der Waals surface area contributed by atoms with Gasteiger partial charge in [-0.15, -0.1) is 0 Å². The van der Waals surface area contributed by atoms with Gasteiger partial charge in [0, 0.05) is 7.05 Å². The summed E-state index contributed by atoms with van der Waals surface area (Å²) in [6, 6.07) is 0. The highest BCUT2D eigenvalue weighted by molar-refractivity contribution is 7.91. The third-order valence-electron chi connectivity index (χ3n) is 1.48. The lowest BCUT2D eigenvalue weighted by Crippen LogP contribution is -2.21. The summed E-state index contributed by atoms with van der Waals surface area (Å²) >= 11 is 0. The van der Waals surface area contributed by atoms with Crippen molar-refractivity contribution in [2.45, 2.75) is 12.5 Å². The second-order valence-corrected chi connectivity index (χ2v) is 4.58. The van der Waals surface area contributed by atoms with Crippen molar-refractivity contribution in [2.75, 3.05) is 18.6 Å². The monoisotopic (exact) mass is 165 g/mol. The van der Waals surface area contributed by atoms with Gasteiger partial charge in [0.1, 0.15) is 0 Å². The molecule has 1 N–H and O–H groups in total. The molecule has 1 saturated heterocycles. The van der Waals surface area contributed by atoms with Crippen LogP contribution in [0.25, 0.3) is 0 Å². The van der Waals surface area contributed by atoms with Crippen LogP contribution in [0.2, 0.25) is 0 Å². The molecule has 1 fully saturated rings. The number of hydrogen-bond donors (Lipinski definition) is 1. The quantitative estimate of drug-likeness (QED) is 0.551. The molecule has 1 rings (SSSR count). The van der Waals surface area contributed by atoms with Gasteiger partial charge in [-0.3, -0.25) is 4.84 Å². The van der Waals surface area contributed by atoms with Crippen molar-refractivity contribution in [3.05, 3.63) is 0 Å². The van der Waals surface area contributed by atoms with Gasteiger partial charge in [-0.2, -0.15) is 0 Å². The molecule has 1 aliphatic heterocycles. The van der Waals surface area contributed by atoms with E-state index in [0.29, 0.717) is 6.42 Å². The van der Waals surface area contributed by atoms with Gasteiger partial charge in [0.2, 0.25) is 0 Å². The number of nitrogens with one attached hydrogen (secondary N) is 1. The Hall–Kier alpha value is -0.130. The van der Waals surface area contributed by atoms with Crippen LogP contribution in [-0.4, -0.2) is 33.1 Å². The van der Waals surface area contributed by atoms with Crippen LogP contribution < -0.4 is 5.48 Å². The predicted molar refractivity (Wildman–Crippen MR) is 37.2 cm³/mol. The normalized spacial score (nSPS) is 30.7. The first kappa shape index (κ1) is 7.97. The van der Waals surface area contributed by atoms with E-state index in [0.717, 1.165) is 0 Å². The fraction of sp³-hybridized carbons (Fsp3) is 1.00. The van der Waals surface area contributed by atoms with Gasteiger partial charge >= 0.3 is 0 Å².